The van der Waals surface area contributed by atoms with Crippen LogP contribution in [0.25, 0.3) is 10.9 Å². The molecule has 3 rings (SSSR count). The van der Waals surface area contributed by atoms with Crippen molar-refractivity contribution in [1.82, 2.24) is 9.66 Å². The first kappa shape index (κ1) is 24.7. The topological polar surface area (TPSA) is 92.0 Å². The highest BCUT2D eigenvalue weighted by Gasteiger charge is 2.21. The Morgan fingerprint density at radius 3 is 2.73 bits per heavy atom. The van der Waals surface area contributed by atoms with Crippen LogP contribution in [0.15, 0.2) is 44.7 Å². The van der Waals surface area contributed by atoms with Crippen LogP contribution >= 0.6 is 27.5 Å². The van der Waals surface area contributed by atoms with E-state index in [0.29, 0.717) is 39.5 Å². The van der Waals surface area contributed by atoms with E-state index in [2.05, 4.69) is 26.0 Å². The maximum absolute atomic E-state index is 13.1. The second-order valence-electron chi connectivity index (χ2n) is 6.94. The summed E-state index contributed by atoms with van der Waals surface area (Å²) in [4.78, 5) is 29.8. The highest BCUT2D eigenvalue weighted by atomic mass is 79.9. The van der Waals surface area contributed by atoms with E-state index in [4.69, 9.17) is 25.8 Å². The molecule has 33 heavy (non-hydrogen) atoms. The van der Waals surface area contributed by atoms with Gasteiger partial charge in [-0.25, -0.2) is 9.78 Å². The summed E-state index contributed by atoms with van der Waals surface area (Å²) in [6.07, 6.45) is 1.01. The normalized spacial score (nSPS) is 12.2. The van der Waals surface area contributed by atoms with Crippen molar-refractivity contribution in [2.75, 3.05) is 13.7 Å². The number of aromatic nitrogens is 2. The van der Waals surface area contributed by atoms with E-state index in [1.807, 2.05) is 13.0 Å². The number of nitrogens with zero attached hydrogens (tertiary/aromatic N) is 3. The molecule has 3 aromatic rings. The molecule has 0 amide bonds. The zero-order chi connectivity index (χ0) is 24.1. The summed E-state index contributed by atoms with van der Waals surface area (Å²) in [5.74, 6) is 0.520. The number of methoxy groups -OCH3 is 1. The molecule has 0 aliphatic carbocycles. The minimum Gasteiger partial charge on any atom is -0.493 e. The summed E-state index contributed by atoms with van der Waals surface area (Å²) >= 11 is 9.63. The Morgan fingerprint density at radius 1 is 1.30 bits per heavy atom. The van der Waals surface area contributed by atoms with E-state index in [9.17, 15) is 9.59 Å². The van der Waals surface area contributed by atoms with Crippen LogP contribution < -0.4 is 15.0 Å². The van der Waals surface area contributed by atoms with Gasteiger partial charge < -0.3 is 14.2 Å². The largest absolute Gasteiger partial charge is 0.493 e. The number of aryl methyl sites for hydroxylation is 1. The number of benzene rings is 2. The van der Waals surface area contributed by atoms with E-state index in [0.717, 1.165) is 4.47 Å². The van der Waals surface area contributed by atoms with Crippen LogP contribution in [0, 0.1) is 0 Å². The Labute approximate surface area is 204 Å². The van der Waals surface area contributed by atoms with Gasteiger partial charge in [0.15, 0.2) is 17.6 Å². The molecule has 1 aromatic heterocycles. The summed E-state index contributed by atoms with van der Waals surface area (Å²) in [7, 11) is 1.46. The number of fused-ring (bicyclic) bond motifs is 1. The predicted octanol–water partition coefficient (Wildman–Crippen LogP) is 4.60. The van der Waals surface area contributed by atoms with E-state index in [-0.39, 0.29) is 17.9 Å². The minimum atomic E-state index is -0.902. The van der Waals surface area contributed by atoms with E-state index >= 15 is 0 Å². The summed E-state index contributed by atoms with van der Waals surface area (Å²) in [6.45, 7) is 5.39. The average Bonchev–Trinajstić information content (AvgIpc) is 2.79. The molecule has 0 bridgehead atoms. The summed E-state index contributed by atoms with van der Waals surface area (Å²) in [5, 5.41) is 5.18. The molecule has 8 nitrogen and oxygen atoms in total. The lowest BCUT2D eigenvalue weighted by Gasteiger charge is -2.18. The molecule has 0 N–H and O–H groups in total. The second kappa shape index (κ2) is 10.8. The van der Waals surface area contributed by atoms with E-state index in [1.165, 1.54) is 18.0 Å². The van der Waals surface area contributed by atoms with Gasteiger partial charge in [-0.15, -0.1) is 0 Å². The molecule has 0 aliphatic rings. The summed E-state index contributed by atoms with van der Waals surface area (Å²) in [5.41, 5.74) is 0.688. The predicted molar refractivity (Wildman–Crippen MR) is 131 cm³/mol. The van der Waals surface area contributed by atoms with Crippen molar-refractivity contribution in [2.24, 2.45) is 5.10 Å². The van der Waals surface area contributed by atoms with Crippen LogP contribution in [-0.4, -0.2) is 41.7 Å². The van der Waals surface area contributed by atoms with Crippen molar-refractivity contribution < 1.29 is 19.0 Å². The van der Waals surface area contributed by atoms with Crippen molar-refractivity contribution in [3.8, 4) is 11.5 Å². The Morgan fingerprint density at radius 2 is 2.06 bits per heavy atom. The van der Waals surface area contributed by atoms with Gasteiger partial charge in [-0.1, -0.05) is 34.5 Å². The molecule has 0 aliphatic heterocycles. The van der Waals surface area contributed by atoms with E-state index < -0.39 is 12.1 Å². The first-order chi connectivity index (χ1) is 15.8. The second-order valence-corrected chi connectivity index (χ2v) is 8.30. The molecule has 0 saturated heterocycles. The third-order valence-corrected chi connectivity index (χ3v) is 5.40. The third kappa shape index (κ3) is 5.54. The molecule has 2 aromatic carbocycles. The molecule has 0 fully saturated rings. The number of carbonyl (C=O) groups excluding carboxylic acids is 1. The van der Waals surface area contributed by atoms with Gasteiger partial charge >= 0.3 is 5.97 Å². The first-order valence-electron chi connectivity index (χ1n) is 10.2. The van der Waals surface area contributed by atoms with Crippen LogP contribution in [0.4, 0.5) is 0 Å². The average molecular weight is 537 g/mol. The van der Waals surface area contributed by atoms with Crippen molar-refractivity contribution in [3.63, 3.8) is 0 Å². The number of carbonyl (C=O) groups is 1. The van der Waals surface area contributed by atoms with Gasteiger partial charge in [0.2, 0.25) is 0 Å². The van der Waals surface area contributed by atoms with Gasteiger partial charge in [-0.2, -0.15) is 9.78 Å². The zero-order valence-corrected chi connectivity index (χ0v) is 20.9. The monoisotopic (exact) mass is 535 g/mol. The molecular formula is C23H23BrClN3O5. The van der Waals surface area contributed by atoms with Gasteiger partial charge in [0, 0.05) is 27.5 Å². The number of esters is 1. The van der Waals surface area contributed by atoms with Gasteiger partial charge in [0.25, 0.3) is 5.56 Å². The molecule has 0 spiro atoms. The Balaban J connectivity index is 2.11. The Bertz CT molecular complexity index is 1280. The highest BCUT2D eigenvalue weighted by Crippen LogP contribution is 2.34. The van der Waals surface area contributed by atoms with Crippen LogP contribution in [0.2, 0.25) is 5.02 Å². The minimum absolute atomic E-state index is 0.229. The molecule has 1 heterocycles. The number of ether oxygens (including phenoxy) is 3. The van der Waals surface area contributed by atoms with Crippen molar-refractivity contribution in [2.45, 2.75) is 33.3 Å². The van der Waals surface area contributed by atoms with Gasteiger partial charge in [0.1, 0.15) is 5.82 Å². The standard InChI is InChI=1S/C23H23BrClN3O5/c1-5-20-27-18-8-7-15(24)10-17(18)22(29)28(20)26-12-14-9-16(25)11-19(31-4)21(14)33-13(3)23(30)32-6-2/h7-13H,5-6H2,1-4H3/t13-/m1/s1. The fourth-order valence-electron chi connectivity index (χ4n) is 3.11. The van der Waals surface area contributed by atoms with Crippen molar-refractivity contribution in [3.05, 3.63) is 61.6 Å². The number of rotatable bonds is 8. The van der Waals surface area contributed by atoms with Gasteiger partial charge in [0.05, 0.1) is 30.8 Å². The maximum atomic E-state index is 13.1. The van der Waals surface area contributed by atoms with Crippen LogP contribution in [0.3, 0.4) is 0 Å². The Hall–Kier alpha value is -2.91. The molecule has 174 valence electrons. The van der Waals surface area contributed by atoms with Crippen LogP contribution in [0.1, 0.15) is 32.2 Å². The summed E-state index contributed by atoms with van der Waals surface area (Å²) in [6, 6.07) is 8.47. The lowest BCUT2D eigenvalue weighted by Crippen LogP contribution is -2.26. The quantitative estimate of drug-likeness (QED) is 0.309. The van der Waals surface area contributed by atoms with E-state index in [1.54, 1.807) is 38.1 Å². The van der Waals surface area contributed by atoms with Crippen molar-refractivity contribution >= 4 is 50.6 Å². The van der Waals surface area contributed by atoms with Crippen LogP contribution in [-0.2, 0) is 16.0 Å². The highest BCUT2D eigenvalue weighted by molar-refractivity contribution is 9.10. The zero-order valence-electron chi connectivity index (χ0n) is 18.6. The molecule has 0 radical (unpaired) electrons. The fraction of sp³-hybridized carbons (Fsp3) is 0.304. The van der Waals surface area contributed by atoms with Crippen molar-refractivity contribution in [1.29, 1.82) is 0 Å². The molecular weight excluding hydrogens is 514 g/mol. The third-order valence-electron chi connectivity index (χ3n) is 4.69. The first-order valence-corrected chi connectivity index (χ1v) is 11.4. The molecule has 10 heteroatoms. The molecule has 0 unspecified atom stereocenters. The number of hydrogen-bond acceptors (Lipinski definition) is 7. The number of hydrogen-bond donors (Lipinski definition) is 0. The lowest BCUT2D eigenvalue weighted by molar-refractivity contribution is -0.150. The summed E-state index contributed by atoms with van der Waals surface area (Å²) < 4.78 is 18.2. The molecule has 1 atom stereocenters. The van der Waals surface area contributed by atoms with Gasteiger partial charge in [-0.05, 0) is 38.1 Å². The SMILES string of the molecule is CCOC(=O)[C@@H](C)Oc1c(C=Nn2c(CC)nc3ccc(Br)cc3c2=O)cc(Cl)cc1OC. The maximum Gasteiger partial charge on any atom is 0.347 e. The van der Waals surface area contributed by atoms with Crippen LogP contribution in [0.5, 0.6) is 11.5 Å². The fourth-order valence-corrected chi connectivity index (χ4v) is 3.69. The lowest BCUT2D eigenvalue weighted by atomic mass is 10.2. The smallest absolute Gasteiger partial charge is 0.347 e. The van der Waals surface area contributed by atoms with Gasteiger partial charge in [-0.3, -0.25) is 4.79 Å². The number of halogens is 2. The Kier molecular flexibility index (Phi) is 8.10. The molecule has 0 saturated carbocycles.